The van der Waals surface area contributed by atoms with Gasteiger partial charge in [-0.2, -0.15) is 0 Å². The van der Waals surface area contributed by atoms with E-state index in [9.17, 15) is 9.59 Å². The number of nitrogens with one attached hydrogen (secondary N) is 1. The van der Waals surface area contributed by atoms with Gasteiger partial charge in [-0.1, -0.05) is 6.92 Å². The Kier molecular flexibility index (Phi) is 2.92. The van der Waals surface area contributed by atoms with E-state index in [1.54, 1.807) is 19.9 Å². The van der Waals surface area contributed by atoms with Crippen LogP contribution >= 0.6 is 0 Å². The van der Waals surface area contributed by atoms with Crippen molar-refractivity contribution in [3.8, 4) is 0 Å². The highest BCUT2D eigenvalue weighted by Crippen LogP contribution is 2.34. The largest absolute Gasteiger partial charge is 0.480 e. The molecule has 0 spiro atoms. The van der Waals surface area contributed by atoms with Crippen molar-refractivity contribution < 1.29 is 19.1 Å². The second kappa shape index (κ2) is 4.15. The van der Waals surface area contributed by atoms with Gasteiger partial charge in [0.15, 0.2) is 5.60 Å². The maximum absolute atomic E-state index is 11.8. The quantitative estimate of drug-likeness (QED) is 0.713. The lowest BCUT2D eigenvalue weighted by Crippen LogP contribution is -2.48. The van der Waals surface area contributed by atoms with E-state index in [2.05, 4.69) is 5.32 Å². The Morgan fingerprint density at radius 1 is 1.56 bits per heavy atom. The van der Waals surface area contributed by atoms with Gasteiger partial charge in [0.05, 0.1) is 12.8 Å². The molecule has 0 aromatic rings. The number of carbonyl (C=O) groups excluding carboxylic acids is 2. The zero-order valence-corrected chi connectivity index (χ0v) is 11.0. The molecule has 1 heterocycles. The van der Waals surface area contributed by atoms with Crippen molar-refractivity contribution >= 4 is 11.9 Å². The van der Waals surface area contributed by atoms with Crippen molar-refractivity contribution in [1.29, 1.82) is 0 Å². The predicted octanol–water partition coefficient (Wildman–Crippen LogP) is 1.26. The predicted molar refractivity (Wildman–Crippen MR) is 64.2 cm³/mol. The van der Waals surface area contributed by atoms with E-state index in [4.69, 9.17) is 9.47 Å². The zero-order chi connectivity index (χ0) is 13.5. The van der Waals surface area contributed by atoms with E-state index in [0.717, 1.165) is 5.76 Å². The number of methoxy groups -OCH3 is 1. The van der Waals surface area contributed by atoms with E-state index in [1.807, 2.05) is 6.92 Å². The highest BCUT2D eigenvalue weighted by atomic mass is 16.5. The summed E-state index contributed by atoms with van der Waals surface area (Å²) in [6.45, 7) is 5.37. The SMILES string of the molecule is COC(=O)C1=CC2=C(CC1C)OC(C)(C)C(=O)N2. The summed E-state index contributed by atoms with van der Waals surface area (Å²) in [5.41, 5.74) is 0.257. The maximum atomic E-state index is 11.8. The van der Waals surface area contributed by atoms with Crippen molar-refractivity contribution in [3.05, 3.63) is 23.1 Å². The van der Waals surface area contributed by atoms with E-state index in [1.165, 1.54) is 7.11 Å². The Morgan fingerprint density at radius 3 is 2.83 bits per heavy atom. The van der Waals surface area contributed by atoms with Crippen LogP contribution in [0.3, 0.4) is 0 Å². The number of rotatable bonds is 1. The third-order valence-electron chi connectivity index (χ3n) is 3.22. The Labute approximate surface area is 106 Å². The lowest BCUT2D eigenvalue weighted by atomic mass is 9.89. The van der Waals surface area contributed by atoms with Crippen LogP contribution in [0.2, 0.25) is 0 Å². The van der Waals surface area contributed by atoms with E-state index < -0.39 is 5.60 Å². The molecule has 18 heavy (non-hydrogen) atoms. The molecule has 1 atom stereocenters. The van der Waals surface area contributed by atoms with Gasteiger partial charge in [0.25, 0.3) is 5.91 Å². The third-order valence-corrected chi connectivity index (χ3v) is 3.22. The highest BCUT2D eigenvalue weighted by molar-refractivity contribution is 5.92. The number of ether oxygens (including phenoxy) is 2. The van der Waals surface area contributed by atoms with E-state index >= 15 is 0 Å². The fourth-order valence-electron chi connectivity index (χ4n) is 2.08. The summed E-state index contributed by atoms with van der Waals surface area (Å²) in [5, 5.41) is 2.77. The van der Waals surface area contributed by atoms with Gasteiger partial charge < -0.3 is 14.8 Å². The van der Waals surface area contributed by atoms with Crippen LogP contribution in [0.15, 0.2) is 23.1 Å². The number of esters is 1. The van der Waals surface area contributed by atoms with Crippen LogP contribution in [0.25, 0.3) is 0 Å². The molecular formula is C13H17NO4. The third kappa shape index (κ3) is 2.00. The van der Waals surface area contributed by atoms with Gasteiger partial charge in [0.2, 0.25) is 0 Å². The molecule has 0 saturated heterocycles. The molecule has 5 nitrogen and oxygen atoms in total. The van der Waals surface area contributed by atoms with Crippen molar-refractivity contribution in [2.45, 2.75) is 32.8 Å². The number of amides is 1. The Balaban J connectivity index is 2.36. The van der Waals surface area contributed by atoms with Gasteiger partial charge in [-0.05, 0) is 25.8 Å². The average molecular weight is 251 g/mol. The summed E-state index contributed by atoms with van der Waals surface area (Å²) < 4.78 is 10.4. The van der Waals surface area contributed by atoms with Crippen molar-refractivity contribution in [2.24, 2.45) is 5.92 Å². The van der Waals surface area contributed by atoms with Crippen molar-refractivity contribution in [1.82, 2.24) is 5.32 Å². The zero-order valence-electron chi connectivity index (χ0n) is 11.0. The van der Waals surface area contributed by atoms with Gasteiger partial charge in [0, 0.05) is 12.0 Å². The number of carbonyl (C=O) groups is 2. The topological polar surface area (TPSA) is 64.6 Å². The van der Waals surface area contributed by atoms with E-state index in [-0.39, 0.29) is 17.8 Å². The standard InChI is InChI=1S/C13H17NO4/c1-7-5-10-9(6-8(7)11(15)17-4)14-12(16)13(2,3)18-10/h6-7H,5H2,1-4H3,(H,14,16). The molecule has 1 aliphatic heterocycles. The molecule has 0 radical (unpaired) electrons. The first-order valence-electron chi connectivity index (χ1n) is 5.88. The summed E-state index contributed by atoms with van der Waals surface area (Å²) in [7, 11) is 1.35. The van der Waals surface area contributed by atoms with Gasteiger partial charge in [-0.25, -0.2) is 4.79 Å². The fraction of sp³-hybridized carbons (Fsp3) is 0.538. The van der Waals surface area contributed by atoms with Gasteiger partial charge >= 0.3 is 5.97 Å². The molecule has 1 aliphatic carbocycles. The molecule has 0 saturated carbocycles. The van der Waals surface area contributed by atoms with Crippen molar-refractivity contribution in [2.75, 3.05) is 7.11 Å². The highest BCUT2D eigenvalue weighted by Gasteiger charge is 2.39. The normalized spacial score (nSPS) is 25.7. The monoisotopic (exact) mass is 251 g/mol. The molecule has 0 aromatic carbocycles. The Morgan fingerprint density at radius 2 is 2.22 bits per heavy atom. The van der Waals surface area contributed by atoms with Crippen LogP contribution < -0.4 is 5.32 Å². The van der Waals surface area contributed by atoms with Crippen molar-refractivity contribution in [3.63, 3.8) is 0 Å². The van der Waals surface area contributed by atoms with Crippen LogP contribution in [0, 0.1) is 5.92 Å². The molecule has 1 N–H and O–H groups in total. The fourth-order valence-corrected chi connectivity index (χ4v) is 2.08. The first kappa shape index (κ1) is 12.7. The molecule has 0 aromatic heterocycles. The van der Waals surface area contributed by atoms with Crippen LogP contribution in [0.4, 0.5) is 0 Å². The van der Waals surface area contributed by atoms with E-state index in [0.29, 0.717) is 17.7 Å². The summed E-state index contributed by atoms with van der Waals surface area (Å²) in [6.07, 6.45) is 2.22. The first-order valence-corrected chi connectivity index (χ1v) is 5.88. The van der Waals surface area contributed by atoms with Crippen LogP contribution in [0.1, 0.15) is 27.2 Å². The number of hydrogen-bond acceptors (Lipinski definition) is 4. The number of hydrogen-bond donors (Lipinski definition) is 1. The summed E-state index contributed by atoms with van der Waals surface area (Å²) in [5.74, 6) is 0.158. The smallest absolute Gasteiger partial charge is 0.334 e. The Bertz CT molecular complexity index is 473. The summed E-state index contributed by atoms with van der Waals surface area (Å²) >= 11 is 0. The van der Waals surface area contributed by atoms with Gasteiger partial charge in [0.1, 0.15) is 5.76 Å². The van der Waals surface area contributed by atoms with Crippen LogP contribution in [-0.4, -0.2) is 24.6 Å². The van der Waals surface area contributed by atoms with Crippen LogP contribution in [-0.2, 0) is 19.1 Å². The summed E-state index contributed by atoms with van der Waals surface area (Å²) in [4.78, 5) is 23.4. The minimum atomic E-state index is -0.866. The minimum absolute atomic E-state index is 0.0157. The molecular weight excluding hydrogens is 234 g/mol. The van der Waals surface area contributed by atoms with Crippen LogP contribution in [0.5, 0.6) is 0 Å². The molecule has 0 bridgehead atoms. The Hall–Kier alpha value is -1.78. The molecule has 2 rings (SSSR count). The lowest BCUT2D eigenvalue weighted by Gasteiger charge is -2.36. The first-order chi connectivity index (χ1) is 8.35. The minimum Gasteiger partial charge on any atom is -0.480 e. The molecule has 2 aliphatic rings. The van der Waals surface area contributed by atoms with Gasteiger partial charge in [-0.15, -0.1) is 0 Å². The number of allylic oxidation sites excluding steroid dienone is 2. The maximum Gasteiger partial charge on any atom is 0.334 e. The molecule has 0 fully saturated rings. The second-order valence-corrected chi connectivity index (χ2v) is 5.10. The second-order valence-electron chi connectivity index (χ2n) is 5.10. The lowest BCUT2D eigenvalue weighted by molar-refractivity contribution is -0.141. The molecule has 1 amide bonds. The molecule has 5 heteroatoms. The molecule has 98 valence electrons. The van der Waals surface area contributed by atoms with Gasteiger partial charge in [-0.3, -0.25) is 4.79 Å². The molecule has 1 unspecified atom stereocenters. The average Bonchev–Trinajstić information content (AvgIpc) is 2.29. The summed E-state index contributed by atoms with van der Waals surface area (Å²) in [6, 6.07) is 0.